The highest BCUT2D eigenvalue weighted by Crippen LogP contribution is 2.29. The van der Waals surface area contributed by atoms with Gasteiger partial charge in [0.1, 0.15) is 0 Å². The minimum atomic E-state index is -0.612. The van der Waals surface area contributed by atoms with Gasteiger partial charge in [0.05, 0.1) is 6.61 Å². The Kier molecular flexibility index (Phi) is 6.85. The lowest BCUT2D eigenvalue weighted by molar-refractivity contribution is -0.456. The molecule has 1 rings (SSSR count). The van der Waals surface area contributed by atoms with Gasteiger partial charge in [-0.15, -0.1) is 5.10 Å². The molecule has 0 saturated carbocycles. The third-order valence-electron chi connectivity index (χ3n) is 2.78. The summed E-state index contributed by atoms with van der Waals surface area (Å²) in [5, 5.41) is 6.27. The Bertz CT molecular complexity index is 595. The number of likely N-dealkylation sites (N-methyl/N-ethyl adjacent to an activating group) is 1. The average Bonchev–Trinajstić information content (AvgIpc) is 2.48. The van der Waals surface area contributed by atoms with E-state index < -0.39 is 6.10 Å². The summed E-state index contributed by atoms with van der Waals surface area (Å²) < 4.78 is 11.3. The van der Waals surface area contributed by atoms with Crippen LogP contribution in [-0.2, 0) is 4.79 Å². The van der Waals surface area contributed by atoms with Crippen molar-refractivity contribution < 1.29 is 19.4 Å². The number of carbonyl (C=O) groups excluding carboxylic acids is 1. The van der Waals surface area contributed by atoms with Crippen LogP contribution in [0.3, 0.4) is 0 Å². The van der Waals surface area contributed by atoms with Crippen molar-refractivity contribution in [3.05, 3.63) is 23.8 Å². The van der Waals surface area contributed by atoms with Crippen molar-refractivity contribution in [1.29, 1.82) is 0 Å². The molecule has 0 aliphatic rings. The topological polar surface area (TPSA) is 117 Å². The van der Waals surface area contributed by atoms with Gasteiger partial charge in [-0.05, 0) is 32.0 Å². The van der Waals surface area contributed by atoms with Crippen molar-refractivity contribution >= 4 is 18.1 Å². The van der Waals surface area contributed by atoms with Gasteiger partial charge >= 0.3 is 0 Å². The van der Waals surface area contributed by atoms with Crippen LogP contribution in [0.25, 0.3) is 0 Å². The summed E-state index contributed by atoms with van der Waals surface area (Å²) in [6.45, 7) is 4.03. The zero-order valence-electron chi connectivity index (χ0n) is 13.9. The van der Waals surface area contributed by atoms with E-state index in [2.05, 4.69) is 10.2 Å². The summed E-state index contributed by atoms with van der Waals surface area (Å²) in [4.78, 5) is 13.4. The fourth-order valence-corrected chi connectivity index (χ4v) is 1.77. The molecule has 0 bridgehead atoms. The molecule has 0 aliphatic carbocycles. The summed E-state index contributed by atoms with van der Waals surface area (Å²) in [6, 6.07) is 5.29. The third kappa shape index (κ3) is 5.85. The number of benzene rings is 1. The highest BCUT2D eigenvalue weighted by atomic mass is 16.5. The molecule has 23 heavy (non-hydrogen) atoms. The molecule has 1 atom stereocenters. The van der Waals surface area contributed by atoms with Crippen molar-refractivity contribution in [2.24, 2.45) is 16.6 Å². The number of nitrogens with one attached hydrogen (secondary N) is 1. The van der Waals surface area contributed by atoms with E-state index in [9.17, 15) is 4.79 Å². The number of hydrazone groups is 1. The number of carbonyl (C=O) groups is 1. The minimum absolute atomic E-state index is 0.0674. The lowest BCUT2D eigenvalue weighted by atomic mass is 10.2. The number of nitrogens with zero attached hydrogens (tertiary/aromatic N) is 2. The monoisotopic (exact) mass is 322 g/mol. The maximum atomic E-state index is 11.9. The molecule has 5 N–H and O–H groups in total. The van der Waals surface area contributed by atoms with Crippen LogP contribution in [0.5, 0.6) is 11.5 Å². The van der Waals surface area contributed by atoms with Crippen LogP contribution < -0.4 is 26.0 Å². The van der Waals surface area contributed by atoms with Crippen molar-refractivity contribution in [2.45, 2.75) is 20.0 Å². The molecular weight excluding hydrogens is 298 g/mol. The number of rotatable bonds is 7. The van der Waals surface area contributed by atoms with Crippen LogP contribution in [0.2, 0.25) is 0 Å². The fraction of sp³-hybridized carbons (Fsp3) is 0.400. The van der Waals surface area contributed by atoms with Crippen LogP contribution in [0.4, 0.5) is 0 Å². The lowest BCUT2D eigenvalue weighted by Gasteiger charge is -2.20. The molecule has 0 radical (unpaired) electrons. The number of nitrogens with two attached hydrogens (primary N) is 2. The maximum Gasteiger partial charge on any atom is 0.262 e. The van der Waals surface area contributed by atoms with Gasteiger partial charge in [-0.1, -0.05) is 0 Å². The van der Waals surface area contributed by atoms with Crippen molar-refractivity contribution in [3.63, 3.8) is 0 Å². The summed E-state index contributed by atoms with van der Waals surface area (Å²) in [5.41, 5.74) is 11.3. The van der Waals surface area contributed by atoms with E-state index in [0.29, 0.717) is 18.1 Å². The molecule has 0 saturated heterocycles. The molecule has 1 amide bonds. The summed E-state index contributed by atoms with van der Waals surface area (Å²) in [5.74, 6) is 0.833. The van der Waals surface area contributed by atoms with Crippen molar-refractivity contribution in [2.75, 3.05) is 20.7 Å². The Balaban J connectivity index is 2.98. The van der Waals surface area contributed by atoms with Crippen LogP contribution in [-0.4, -0.2) is 49.8 Å². The molecule has 0 unspecified atom stereocenters. The highest BCUT2D eigenvalue weighted by molar-refractivity contribution is 5.81. The van der Waals surface area contributed by atoms with Crippen LogP contribution in [0, 0.1) is 0 Å². The van der Waals surface area contributed by atoms with Gasteiger partial charge in [0.2, 0.25) is 6.21 Å². The van der Waals surface area contributed by atoms with Crippen LogP contribution in [0.15, 0.2) is 23.3 Å². The Morgan fingerprint density at radius 1 is 1.39 bits per heavy atom. The molecule has 0 aromatic heterocycles. The smallest absolute Gasteiger partial charge is 0.262 e. The molecule has 126 valence electrons. The lowest BCUT2D eigenvalue weighted by Crippen LogP contribution is -2.63. The summed E-state index contributed by atoms with van der Waals surface area (Å²) in [7, 11) is 3.36. The van der Waals surface area contributed by atoms with E-state index in [4.69, 9.17) is 20.9 Å². The van der Waals surface area contributed by atoms with E-state index in [-0.39, 0.29) is 11.9 Å². The molecule has 0 heterocycles. The van der Waals surface area contributed by atoms with Gasteiger partial charge in [0.15, 0.2) is 17.6 Å². The largest absolute Gasteiger partial charge is 0.490 e. The van der Waals surface area contributed by atoms with Crippen molar-refractivity contribution in [3.8, 4) is 11.5 Å². The molecule has 0 spiro atoms. The zero-order chi connectivity index (χ0) is 17.4. The van der Waals surface area contributed by atoms with E-state index in [0.717, 1.165) is 5.56 Å². The van der Waals surface area contributed by atoms with Gasteiger partial charge < -0.3 is 25.8 Å². The first-order valence-corrected chi connectivity index (χ1v) is 7.17. The zero-order valence-corrected chi connectivity index (χ0v) is 13.9. The first-order valence-electron chi connectivity index (χ1n) is 7.17. The summed E-state index contributed by atoms with van der Waals surface area (Å²) >= 11 is 0. The predicted octanol–water partition coefficient (Wildman–Crippen LogP) is -1.37. The molecule has 0 fully saturated rings. The number of ether oxygens (including phenoxy) is 2. The van der Waals surface area contributed by atoms with Gasteiger partial charge in [0, 0.05) is 24.8 Å². The van der Waals surface area contributed by atoms with E-state index in [1.807, 2.05) is 6.92 Å². The molecule has 8 nitrogen and oxygen atoms in total. The van der Waals surface area contributed by atoms with Gasteiger partial charge in [-0.25, -0.2) is 0 Å². The predicted molar refractivity (Wildman–Crippen MR) is 88.3 cm³/mol. The number of hydrogen-bond donors (Lipinski definition) is 3. The minimum Gasteiger partial charge on any atom is -0.490 e. The second kappa shape index (κ2) is 8.62. The standard InChI is InChI=1S/C15H23N5O3/c1-5-22-13-8-11(9-18-19-15(16)17)6-7-12(13)23-10(2)14(21)20(3)4/h6-10H,5H2,1-4H3,(H4,16,17,19)/p+1/b18-9+/t10-/m0/s1. The Labute approximate surface area is 135 Å². The maximum absolute atomic E-state index is 11.9. The third-order valence-corrected chi connectivity index (χ3v) is 2.78. The molecule has 8 heteroatoms. The first kappa shape index (κ1) is 18.3. The summed E-state index contributed by atoms with van der Waals surface area (Å²) in [6.07, 6.45) is 0.999. The molecular formula is C15H24N5O3+. The van der Waals surface area contributed by atoms with Gasteiger partial charge in [-0.3, -0.25) is 4.79 Å². The second-order valence-corrected chi connectivity index (χ2v) is 4.94. The van der Waals surface area contributed by atoms with Gasteiger partial charge in [-0.2, -0.15) is 0 Å². The van der Waals surface area contributed by atoms with Crippen LogP contribution >= 0.6 is 0 Å². The normalized spacial score (nSPS) is 11.8. The highest BCUT2D eigenvalue weighted by Gasteiger charge is 2.18. The number of guanidine groups is 1. The molecule has 1 aromatic carbocycles. The quantitative estimate of drug-likeness (QED) is 0.325. The Morgan fingerprint density at radius 2 is 2.09 bits per heavy atom. The Hall–Kier alpha value is -2.77. The van der Waals surface area contributed by atoms with E-state index in [1.165, 1.54) is 4.90 Å². The second-order valence-electron chi connectivity index (χ2n) is 4.94. The molecule has 1 aromatic rings. The van der Waals surface area contributed by atoms with E-state index >= 15 is 0 Å². The number of amides is 1. The van der Waals surface area contributed by atoms with Crippen LogP contribution in [0.1, 0.15) is 19.4 Å². The molecule has 0 aliphatic heterocycles. The Morgan fingerprint density at radius 3 is 2.65 bits per heavy atom. The number of hydrogen-bond acceptors (Lipinski definition) is 4. The van der Waals surface area contributed by atoms with Crippen molar-refractivity contribution in [1.82, 2.24) is 4.90 Å². The first-order chi connectivity index (χ1) is 10.8. The fourth-order valence-electron chi connectivity index (χ4n) is 1.77. The van der Waals surface area contributed by atoms with Gasteiger partial charge in [0.25, 0.3) is 11.9 Å². The SMILES string of the molecule is CCOc1cc(/C=[NH+]/N=C(N)N)ccc1O[C@@H](C)C(=O)N(C)C. The average molecular weight is 322 g/mol. The van der Waals surface area contributed by atoms with E-state index in [1.54, 1.807) is 45.4 Å².